The molecule has 96 heavy (non-hydrogen) atoms. The maximum absolute atomic E-state index is 2.44. The van der Waals surface area contributed by atoms with Crippen LogP contribution in [0.2, 0.25) is 0 Å². The van der Waals surface area contributed by atoms with Gasteiger partial charge in [-0.05, 0) is 206 Å². The molecule has 0 bridgehead atoms. The van der Waals surface area contributed by atoms with Crippen LogP contribution in [0.4, 0.5) is 34.1 Å². The highest BCUT2D eigenvalue weighted by Gasteiger charge is 2.40. The lowest BCUT2D eigenvalue weighted by Gasteiger charge is -2.29. The molecule has 2 heteroatoms. The molecule has 0 aliphatic heterocycles. The Kier molecular flexibility index (Phi) is 13.6. The second-order valence-electron chi connectivity index (χ2n) is 29.0. The van der Waals surface area contributed by atoms with Gasteiger partial charge in [0, 0.05) is 55.8 Å². The van der Waals surface area contributed by atoms with Crippen LogP contribution < -0.4 is 9.80 Å². The van der Waals surface area contributed by atoms with Gasteiger partial charge in [0.05, 0.1) is 0 Å². The number of benzene rings is 13. The van der Waals surface area contributed by atoms with Gasteiger partial charge in [0.15, 0.2) is 0 Å². The second-order valence-corrected chi connectivity index (χ2v) is 29.0. The molecular formula is C94H76N2. The van der Waals surface area contributed by atoms with Crippen LogP contribution in [0.25, 0.3) is 91.1 Å². The Balaban J connectivity index is 0.555. The van der Waals surface area contributed by atoms with Crippen LogP contribution >= 0.6 is 0 Å². The van der Waals surface area contributed by atoms with Crippen molar-refractivity contribution >= 4 is 58.4 Å². The molecule has 13 aromatic rings. The number of nitrogens with zero attached hydrogens (tertiary/aromatic N) is 2. The van der Waals surface area contributed by atoms with Crippen LogP contribution in [-0.4, -0.2) is 0 Å². The van der Waals surface area contributed by atoms with Crippen molar-refractivity contribution in [2.45, 2.75) is 77.0 Å². The van der Waals surface area contributed by atoms with E-state index in [0.29, 0.717) is 0 Å². The summed E-state index contributed by atoms with van der Waals surface area (Å²) in [6.45, 7) is 19.0. The molecule has 17 rings (SSSR count). The molecule has 4 aliphatic rings. The summed E-state index contributed by atoms with van der Waals surface area (Å²) in [5.41, 5.74) is 37.5. The molecule has 4 aliphatic carbocycles. The summed E-state index contributed by atoms with van der Waals surface area (Å²) in [6, 6.07) is 109. The third-order valence-corrected chi connectivity index (χ3v) is 21.9. The summed E-state index contributed by atoms with van der Waals surface area (Å²) in [5.74, 6) is 0. The van der Waals surface area contributed by atoms with E-state index in [1.54, 1.807) is 0 Å². The zero-order valence-electron chi connectivity index (χ0n) is 55.9. The molecule has 13 aromatic carbocycles. The topological polar surface area (TPSA) is 6.48 Å². The minimum absolute atomic E-state index is 0.0905. The van der Waals surface area contributed by atoms with Gasteiger partial charge in [-0.2, -0.15) is 0 Å². The van der Waals surface area contributed by atoms with Gasteiger partial charge in [0.25, 0.3) is 0 Å². The summed E-state index contributed by atoms with van der Waals surface area (Å²) in [5, 5.41) is 0. The summed E-state index contributed by atoms with van der Waals surface area (Å²) in [7, 11) is 0. The number of rotatable bonds is 12. The average molecular weight is 1230 g/mol. The predicted octanol–water partition coefficient (Wildman–Crippen LogP) is 25.5. The van der Waals surface area contributed by atoms with Gasteiger partial charge in [-0.25, -0.2) is 0 Å². The highest BCUT2D eigenvalue weighted by atomic mass is 15.1. The van der Waals surface area contributed by atoms with Crippen molar-refractivity contribution in [3.63, 3.8) is 0 Å². The quantitative estimate of drug-likeness (QED) is 0.113. The van der Waals surface area contributed by atoms with Crippen molar-refractivity contribution in [2.75, 3.05) is 9.80 Å². The lowest BCUT2D eigenvalue weighted by Crippen LogP contribution is -2.18. The first kappa shape index (κ1) is 58.7. The molecule has 0 aromatic heterocycles. The fourth-order valence-electron chi connectivity index (χ4n) is 16.5. The van der Waals surface area contributed by atoms with E-state index in [1.165, 1.54) is 145 Å². The van der Waals surface area contributed by atoms with Crippen molar-refractivity contribution < 1.29 is 0 Å². The normalized spacial score (nSPS) is 14.9. The Morgan fingerprint density at radius 3 is 0.740 bits per heavy atom. The van der Waals surface area contributed by atoms with E-state index >= 15 is 0 Å². The summed E-state index contributed by atoms with van der Waals surface area (Å²) >= 11 is 0. The largest absolute Gasteiger partial charge is 0.310 e. The molecule has 0 saturated carbocycles. The Morgan fingerprint density at radius 1 is 0.188 bits per heavy atom. The third kappa shape index (κ3) is 9.59. The summed E-state index contributed by atoms with van der Waals surface area (Å²) in [4.78, 5) is 4.87. The van der Waals surface area contributed by atoms with Crippen LogP contribution in [0.15, 0.2) is 291 Å². The third-order valence-electron chi connectivity index (χ3n) is 21.9. The highest BCUT2D eigenvalue weighted by molar-refractivity contribution is 5.92. The van der Waals surface area contributed by atoms with Gasteiger partial charge >= 0.3 is 0 Å². The van der Waals surface area contributed by atoms with Gasteiger partial charge in [-0.1, -0.05) is 298 Å². The number of fused-ring (bicyclic) bond motifs is 12. The van der Waals surface area contributed by atoms with Crippen LogP contribution in [0.3, 0.4) is 0 Å². The van der Waals surface area contributed by atoms with Gasteiger partial charge < -0.3 is 9.80 Å². The van der Waals surface area contributed by atoms with E-state index in [9.17, 15) is 0 Å². The molecule has 0 fully saturated rings. The van der Waals surface area contributed by atoms with E-state index in [-0.39, 0.29) is 21.7 Å². The van der Waals surface area contributed by atoms with Crippen molar-refractivity contribution in [3.05, 3.63) is 358 Å². The minimum atomic E-state index is -0.192. The zero-order valence-corrected chi connectivity index (χ0v) is 55.9. The van der Waals surface area contributed by atoms with Gasteiger partial charge in [-0.3, -0.25) is 0 Å². The monoisotopic (exact) mass is 1230 g/mol. The fraction of sp³-hybridized carbons (Fsp3) is 0.128. The van der Waals surface area contributed by atoms with E-state index in [1.807, 2.05) is 0 Å². The Morgan fingerprint density at radius 2 is 0.417 bits per heavy atom. The molecule has 0 atom stereocenters. The van der Waals surface area contributed by atoms with Crippen molar-refractivity contribution in [1.82, 2.24) is 0 Å². The second kappa shape index (κ2) is 22.3. The van der Waals surface area contributed by atoms with E-state index < -0.39 is 0 Å². The Hall–Kier alpha value is -11.1. The number of hydrogen-bond acceptors (Lipinski definition) is 2. The molecule has 0 N–H and O–H groups in total. The first-order chi connectivity index (χ1) is 46.6. The van der Waals surface area contributed by atoms with Crippen LogP contribution in [-0.2, 0) is 21.7 Å². The summed E-state index contributed by atoms with van der Waals surface area (Å²) < 4.78 is 0. The Bertz CT molecular complexity index is 4970. The smallest absolute Gasteiger partial charge is 0.0465 e. The first-order valence-corrected chi connectivity index (χ1v) is 34.0. The lowest BCUT2D eigenvalue weighted by molar-refractivity contribution is 0.659. The average Bonchev–Trinajstić information content (AvgIpc) is 1.62. The standard InChI is InChI=1S/C94H76N2/c1-91(2)83-25-17-15-23-75(83)79-51-45-71(57-87(79)91)95(69-19-11-9-12-20-69)73-47-53-81-77-49-35-63(55-85(77)93(5,6)89(81)59-73)29-27-61-31-37-65(38-32-61)67-41-43-68(44-42-67)66-39-33-62(34-40-66)28-30-64-36-50-78-82-54-48-74(60-90(82)94(7,8)86(78)56-64)96(70-21-13-10-14-22-70)72-46-52-80-76-24-16-18-26-84(76)92(3,4)88(80)58-72/h9-60H,1-8H3. The fourth-order valence-corrected chi connectivity index (χ4v) is 16.5. The summed E-state index contributed by atoms with van der Waals surface area (Å²) in [6.07, 6.45) is 9.01. The molecule has 0 radical (unpaired) electrons. The predicted molar refractivity (Wildman–Crippen MR) is 408 cm³/mol. The molecule has 0 saturated heterocycles. The van der Waals surface area contributed by atoms with E-state index in [4.69, 9.17) is 0 Å². The first-order valence-electron chi connectivity index (χ1n) is 34.0. The lowest BCUT2D eigenvalue weighted by atomic mass is 9.81. The molecule has 0 unspecified atom stereocenters. The molecule has 0 heterocycles. The van der Waals surface area contributed by atoms with E-state index in [0.717, 1.165) is 22.7 Å². The molecule has 0 spiro atoms. The number of para-hydroxylation sites is 2. The zero-order chi connectivity index (χ0) is 65.2. The van der Waals surface area contributed by atoms with Gasteiger partial charge in [0.1, 0.15) is 0 Å². The van der Waals surface area contributed by atoms with Crippen molar-refractivity contribution in [1.29, 1.82) is 0 Å². The van der Waals surface area contributed by atoms with Crippen molar-refractivity contribution in [2.24, 2.45) is 0 Å². The highest BCUT2D eigenvalue weighted by Crippen LogP contribution is 2.56. The van der Waals surface area contributed by atoms with Gasteiger partial charge in [0.2, 0.25) is 0 Å². The molecular weight excluding hydrogens is 1160 g/mol. The van der Waals surface area contributed by atoms with Crippen molar-refractivity contribution in [3.8, 4) is 66.8 Å². The van der Waals surface area contributed by atoms with Crippen LogP contribution in [0.1, 0.15) is 122 Å². The minimum Gasteiger partial charge on any atom is -0.310 e. The SMILES string of the molecule is CC1(C)c2ccccc2-c2ccc(N(c3ccccc3)c3ccc4c(c3)C(C)(C)c3cc(C=Cc5ccc(-c6ccc(-c7ccc(C=Cc8ccc9c(c8)C(C)(C)c8cc(N(c%10ccccc%10)c%10ccc%11c(c%10)C(C)(C)c%10ccccc%10-%11)ccc8-9)cc7)cc6)cc5)ccc3-4)cc21. The van der Waals surface area contributed by atoms with E-state index in [2.05, 4.69) is 381 Å². The number of hydrogen-bond donors (Lipinski definition) is 0. The maximum Gasteiger partial charge on any atom is 0.0465 e. The Labute approximate surface area is 566 Å². The van der Waals surface area contributed by atoms with Crippen LogP contribution in [0.5, 0.6) is 0 Å². The van der Waals surface area contributed by atoms with Gasteiger partial charge in [-0.15, -0.1) is 0 Å². The maximum atomic E-state index is 2.44. The number of anilines is 6. The molecule has 2 nitrogen and oxygen atoms in total. The molecule has 462 valence electrons. The molecule has 0 amide bonds. The van der Waals surface area contributed by atoms with Crippen LogP contribution in [0, 0.1) is 0 Å².